The van der Waals surface area contributed by atoms with Gasteiger partial charge in [-0.1, -0.05) is 36.7 Å². The molecule has 2 aromatic rings. The van der Waals surface area contributed by atoms with E-state index in [1.165, 1.54) is 0 Å². The Morgan fingerprint density at radius 3 is 2.36 bits per heavy atom. The topological polar surface area (TPSA) is 75.3 Å². The fourth-order valence-corrected chi connectivity index (χ4v) is 3.60. The number of benzene rings is 2. The van der Waals surface area contributed by atoms with Crippen LogP contribution in [0.4, 0.5) is 13.2 Å². The first-order valence-corrected chi connectivity index (χ1v) is 10.1. The van der Waals surface area contributed by atoms with Gasteiger partial charge in [-0.2, -0.15) is 13.2 Å². The summed E-state index contributed by atoms with van der Waals surface area (Å²) in [4.78, 5) is 11.5. The average Bonchev–Trinajstić information content (AvgIpc) is 2.65. The molecule has 5 nitrogen and oxygen atoms in total. The Kier molecular flexibility index (Phi) is 7.08. The maximum atomic E-state index is 12.8. The summed E-state index contributed by atoms with van der Waals surface area (Å²) in [5, 5.41) is 3.21. The maximum absolute atomic E-state index is 12.8. The van der Waals surface area contributed by atoms with Gasteiger partial charge in [0.05, 0.1) is 23.0 Å². The van der Waals surface area contributed by atoms with Crippen molar-refractivity contribution in [3.8, 4) is 0 Å². The van der Waals surface area contributed by atoms with Gasteiger partial charge < -0.3 is 5.32 Å². The zero-order valence-electron chi connectivity index (χ0n) is 14.8. The fraction of sp³-hybridized carbons (Fsp3) is 0.278. The molecule has 0 bridgehead atoms. The predicted molar refractivity (Wildman–Crippen MR) is 99.3 cm³/mol. The molecule has 0 aliphatic carbocycles. The Morgan fingerprint density at radius 1 is 1.14 bits per heavy atom. The first-order chi connectivity index (χ1) is 13.0. The number of hydrogen-bond acceptors (Lipinski definition) is 3. The Morgan fingerprint density at radius 2 is 1.79 bits per heavy atom. The van der Waals surface area contributed by atoms with Gasteiger partial charge in [0.1, 0.15) is 0 Å². The summed E-state index contributed by atoms with van der Waals surface area (Å²) in [6.07, 6.45) is -4.12. The Bertz CT molecular complexity index is 932. The molecule has 0 radical (unpaired) electrons. The van der Waals surface area contributed by atoms with Gasteiger partial charge in [-0.05, 0) is 42.3 Å². The molecule has 0 fully saturated rings. The number of amides is 1. The van der Waals surface area contributed by atoms with E-state index in [1.807, 2.05) is 11.6 Å². The van der Waals surface area contributed by atoms with Crippen molar-refractivity contribution in [3.63, 3.8) is 0 Å². The Hall–Kier alpha value is -2.10. The summed E-state index contributed by atoms with van der Waals surface area (Å²) in [7, 11) is -4.28. The second-order valence-corrected chi connectivity index (χ2v) is 8.13. The van der Waals surface area contributed by atoms with E-state index in [2.05, 4.69) is 5.32 Å². The van der Waals surface area contributed by atoms with E-state index in [0.717, 1.165) is 23.8 Å². The molecule has 0 saturated heterocycles. The lowest BCUT2D eigenvalue weighted by Gasteiger charge is -2.18. The van der Waals surface area contributed by atoms with Crippen molar-refractivity contribution in [3.05, 3.63) is 64.7 Å². The number of nitrogens with one attached hydrogen (secondary N) is 2. The molecule has 1 unspecified atom stereocenters. The number of sulfonamides is 1. The van der Waals surface area contributed by atoms with Crippen molar-refractivity contribution < 1.29 is 26.4 Å². The summed E-state index contributed by atoms with van der Waals surface area (Å²) in [5.41, 5.74) is -0.297. The highest BCUT2D eigenvalue weighted by Gasteiger charge is 2.31. The summed E-state index contributed by atoms with van der Waals surface area (Å²) in [6, 6.07) is 9.76. The zero-order chi connectivity index (χ0) is 20.9. The second-order valence-electron chi connectivity index (χ2n) is 5.93. The minimum Gasteiger partial charge on any atom is -0.348 e. The molecule has 10 heteroatoms. The van der Waals surface area contributed by atoms with Crippen molar-refractivity contribution in [2.75, 3.05) is 6.54 Å². The molecular weight excluding hydrogens is 417 g/mol. The monoisotopic (exact) mass is 434 g/mol. The number of alkyl halides is 3. The van der Waals surface area contributed by atoms with E-state index in [4.69, 9.17) is 11.6 Å². The van der Waals surface area contributed by atoms with E-state index >= 15 is 0 Å². The highest BCUT2D eigenvalue weighted by molar-refractivity contribution is 7.89. The molecule has 0 spiro atoms. The molecule has 0 aromatic heterocycles. The van der Waals surface area contributed by atoms with Crippen LogP contribution >= 0.6 is 11.6 Å². The van der Waals surface area contributed by atoms with Crippen LogP contribution in [0.1, 0.15) is 30.5 Å². The third-order valence-electron chi connectivity index (χ3n) is 3.91. The molecule has 0 aliphatic rings. The lowest BCUT2D eigenvalue weighted by molar-refractivity contribution is -0.137. The summed E-state index contributed by atoms with van der Waals surface area (Å²) >= 11 is 5.83. The van der Waals surface area contributed by atoms with Gasteiger partial charge in [0.15, 0.2) is 0 Å². The SMILES string of the molecule is CCC(NC(=O)CNS(=O)(=O)c1cccc(C(F)(F)F)c1)c1ccc(Cl)cc1. The van der Waals surface area contributed by atoms with Gasteiger partial charge >= 0.3 is 6.18 Å². The van der Waals surface area contributed by atoms with Crippen LogP contribution in [0.15, 0.2) is 53.4 Å². The minimum atomic E-state index is -4.67. The fourth-order valence-electron chi connectivity index (χ4n) is 2.45. The van der Waals surface area contributed by atoms with E-state index in [-0.39, 0.29) is 6.04 Å². The number of halogens is 4. The van der Waals surface area contributed by atoms with E-state index in [0.29, 0.717) is 17.5 Å². The summed E-state index contributed by atoms with van der Waals surface area (Å²) < 4.78 is 64.7. The highest BCUT2D eigenvalue weighted by atomic mass is 35.5. The summed E-state index contributed by atoms with van der Waals surface area (Å²) in [6.45, 7) is 1.23. The number of hydrogen-bond donors (Lipinski definition) is 2. The lowest BCUT2D eigenvalue weighted by atomic mass is 10.0. The second kappa shape index (κ2) is 8.93. The van der Waals surface area contributed by atoms with E-state index in [9.17, 15) is 26.4 Å². The molecule has 152 valence electrons. The largest absolute Gasteiger partial charge is 0.416 e. The van der Waals surface area contributed by atoms with Crippen molar-refractivity contribution in [1.82, 2.24) is 10.0 Å². The van der Waals surface area contributed by atoms with Gasteiger partial charge in [-0.3, -0.25) is 4.79 Å². The van der Waals surface area contributed by atoms with Gasteiger partial charge in [0.25, 0.3) is 0 Å². The highest BCUT2D eigenvalue weighted by Crippen LogP contribution is 2.30. The van der Waals surface area contributed by atoms with Crippen molar-refractivity contribution in [2.24, 2.45) is 0 Å². The van der Waals surface area contributed by atoms with Crippen LogP contribution in [0.2, 0.25) is 5.02 Å². The quantitative estimate of drug-likeness (QED) is 0.694. The first kappa shape index (κ1) is 22.2. The van der Waals surface area contributed by atoms with Crippen LogP contribution in [0, 0.1) is 0 Å². The molecular formula is C18H18ClF3N2O3S. The van der Waals surface area contributed by atoms with Crippen molar-refractivity contribution in [2.45, 2.75) is 30.5 Å². The molecule has 0 aliphatic heterocycles. The third-order valence-corrected chi connectivity index (χ3v) is 5.56. The Labute approximate surface area is 166 Å². The van der Waals surface area contributed by atoms with Crippen LogP contribution in [-0.4, -0.2) is 20.9 Å². The van der Waals surface area contributed by atoms with Gasteiger partial charge in [-0.25, -0.2) is 13.1 Å². The molecule has 2 rings (SSSR count). The predicted octanol–water partition coefficient (Wildman–Crippen LogP) is 3.90. The van der Waals surface area contributed by atoms with Crippen LogP contribution in [-0.2, 0) is 21.0 Å². The van der Waals surface area contributed by atoms with Crippen LogP contribution < -0.4 is 10.0 Å². The minimum absolute atomic E-state index is 0.358. The van der Waals surface area contributed by atoms with E-state index < -0.39 is 39.1 Å². The number of rotatable bonds is 7. The average molecular weight is 435 g/mol. The normalized spacial score (nSPS) is 13.2. The van der Waals surface area contributed by atoms with Crippen LogP contribution in [0.3, 0.4) is 0 Å². The molecule has 2 N–H and O–H groups in total. The first-order valence-electron chi connectivity index (χ1n) is 8.24. The van der Waals surface area contributed by atoms with Gasteiger partial charge in [0.2, 0.25) is 15.9 Å². The standard InChI is InChI=1S/C18H18ClF3N2O3S/c1-2-16(12-6-8-14(19)9-7-12)24-17(25)11-23-28(26,27)15-5-3-4-13(10-15)18(20,21)22/h3-10,16,23H,2,11H2,1H3,(H,24,25). The van der Waals surface area contributed by atoms with E-state index in [1.54, 1.807) is 24.3 Å². The third kappa shape index (κ3) is 5.95. The smallest absolute Gasteiger partial charge is 0.348 e. The summed E-state index contributed by atoms with van der Waals surface area (Å²) in [5.74, 6) is -0.614. The zero-order valence-corrected chi connectivity index (χ0v) is 16.3. The Balaban J connectivity index is 2.03. The number of carbonyl (C=O) groups excluding carboxylic acids is 1. The molecule has 1 atom stereocenters. The van der Waals surface area contributed by atoms with Crippen LogP contribution in [0.5, 0.6) is 0 Å². The van der Waals surface area contributed by atoms with Crippen LogP contribution in [0.25, 0.3) is 0 Å². The van der Waals surface area contributed by atoms with Crippen molar-refractivity contribution in [1.29, 1.82) is 0 Å². The van der Waals surface area contributed by atoms with Crippen molar-refractivity contribution >= 4 is 27.5 Å². The molecule has 0 saturated carbocycles. The van der Waals surface area contributed by atoms with Gasteiger partial charge in [-0.15, -0.1) is 0 Å². The molecule has 2 aromatic carbocycles. The lowest BCUT2D eigenvalue weighted by Crippen LogP contribution is -2.38. The molecule has 28 heavy (non-hydrogen) atoms. The molecule has 0 heterocycles. The number of carbonyl (C=O) groups is 1. The van der Waals surface area contributed by atoms with Gasteiger partial charge in [0, 0.05) is 5.02 Å². The maximum Gasteiger partial charge on any atom is 0.416 e. The molecule has 1 amide bonds.